The molecule has 1 fully saturated rings. The molecule has 0 radical (unpaired) electrons. The molecule has 0 aliphatic carbocycles. The highest BCUT2D eigenvalue weighted by molar-refractivity contribution is 8.00. The molecule has 1 saturated heterocycles. The molecule has 3 N–H and O–H groups in total. The van der Waals surface area contributed by atoms with Gasteiger partial charge in [0.25, 0.3) is 10.1 Å². The molecule has 1 amide bonds. The largest absolute Gasteiger partial charge is 0.364 e. The molecule has 1 aliphatic heterocycles. The predicted octanol–water partition coefficient (Wildman–Crippen LogP) is 3.09. The lowest BCUT2D eigenvalue weighted by atomic mass is 10.2. The molecule has 1 atom stereocenters. The lowest BCUT2D eigenvalue weighted by Gasteiger charge is -2.56. The number of β-lactam (4-membered cyclic amide) rings is 1. The number of aryl methyl sites for hydroxylation is 1. The Morgan fingerprint density at radius 2 is 1.69 bits per heavy atom. The normalized spacial score (nSPS) is 21.0. The quantitative estimate of drug-likeness (QED) is 0.338. The molecule has 9 heteroatoms. The summed E-state index contributed by atoms with van der Waals surface area (Å²) in [5.74, 6) is 0.126. The standard InChI is InChI=1S/C10H22N2OSSi.C7H8O3S/c1-9(2,3)15(5,6)12-7-10(11,14-4)8(12)13;1-6-2-4-7(5-3-6)11(8,9)10/h7,11H2,1-6H3;2-5H,1H3,(H,8,9,10). The van der Waals surface area contributed by atoms with Gasteiger partial charge in [-0.3, -0.25) is 9.35 Å². The van der Waals surface area contributed by atoms with Gasteiger partial charge in [-0.1, -0.05) is 51.6 Å². The minimum Gasteiger partial charge on any atom is -0.364 e. The minimum atomic E-state index is -4.02. The maximum absolute atomic E-state index is 12.0. The van der Waals surface area contributed by atoms with Crippen molar-refractivity contribution in [3.63, 3.8) is 0 Å². The first kappa shape index (κ1) is 23.2. The van der Waals surface area contributed by atoms with Gasteiger partial charge in [0.1, 0.15) is 0 Å². The third-order valence-corrected chi connectivity index (χ3v) is 12.5. The minimum absolute atomic E-state index is 0.0666. The summed E-state index contributed by atoms with van der Waals surface area (Å²) in [4.78, 5) is 11.3. The lowest BCUT2D eigenvalue weighted by molar-refractivity contribution is -0.138. The second-order valence-electron chi connectivity index (χ2n) is 8.08. The van der Waals surface area contributed by atoms with Gasteiger partial charge < -0.3 is 10.3 Å². The summed E-state index contributed by atoms with van der Waals surface area (Å²) in [6.07, 6.45) is 1.90. The van der Waals surface area contributed by atoms with Gasteiger partial charge in [-0.05, 0) is 30.4 Å². The third kappa shape index (κ3) is 4.89. The van der Waals surface area contributed by atoms with Crippen molar-refractivity contribution in [2.24, 2.45) is 5.73 Å². The zero-order valence-corrected chi connectivity index (χ0v) is 19.2. The van der Waals surface area contributed by atoms with Gasteiger partial charge in [0.2, 0.25) is 5.91 Å². The van der Waals surface area contributed by atoms with E-state index in [1.807, 2.05) is 17.7 Å². The van der Waals surface area contributed by atoms with E-state index in [1.54, 1.807) is 12.1 Å². The van der Waals surface area contributed by atoms with Crippen LogP contribution in [0.4, 0.5) is 0 Å². The van der Waals surface area contributed by atoms with Crippen LogP contribution in [-0.4, -0.2) is 49.4 Å². The average molecular weight is 419 g/mol. The van der Waals surface area contributed by atoms with Crippen LogP contribution in [0, 0.1) is 6.92 Å². The Morgan fingerprint density at radius 3 is 2.00 bits per heavy atom. The molecule has 0 bridgehead atoms. The summed E-state index contributed by atoms with van der Waals surface area (Å²) >= 11 is 1.46. The number of rotatable bonds is 3. The number of hydrogen-bond acceptors (Lipinski definition) is 5. The summed E-state index contributed by atoms with van der Waals surface area (Å²) < 4.78 is 31.6. The van der Waals surface area contributed by atoms with Crippen LogP contribution >= 0.6 is 11.8 Å². The van der Waals surface area contributed by atoms with Gasteiger partial charge in [-0.25, -0.2) is 0 Å². The molecular weight excluding hydrogens is 388 g/mol. The molecule has 1 aromatic carbocycles. The Balaban J connectivity index is 0.000000273. The van der Waals surface area contributed by atoms with Crippen LogP contribution < -0.4 is 5.73 Å². The van der Waals surface area contributed by atoms with Gasteiger partial charge in [0.05, 0.1) is 4.90 Å². The first-order valence-electron chi connectivity index (χ1n) is 8.26. The van der Waals surface area contributed by atoms with Crippen LogP contribution in [0.2, 0.25) is 18.1 Å². The Labute approximate surface area is 162 Å². The summed E-state index contributed by atoms with van der Waals surface area (Å²) in [5.41, 5.74) is 6.93. The van der Waals surface area contributed by atoms with Crippen molar-refractivity contribution >= 4 is 36.0 Å². The molecule has 148 valence electrons. The molecular formula is C17H30N2O4S2Si. The highest BCUT2D eigenvalue weighted by Gasteiger charge is 2.57. The Hall–Kier alpha value is -0.873. The van der Waals surface area contributed by atoms with Crippen molar-refractivity contribution in [2.75, 3.05) is 12.8 Å². The number of thioether (sulfide) groups is 1. The first-order valence-corrected chi connectivity index (χ1v) is 13.9. The number of carbonyl (C=O) groups is 1. The molecule has 0 saturated carbocycles. The highest BCUT2D eigenvalue weighted by Crippen LogP contribution is 2.44. The maximum Gasteiger partial charge on any atom is 0.294 e. The first-order chi connectivity index (χ1) is 11.6. The number of nitrogens with zero attached hydrogens (tertiary/aromatic N) is 1. The van der Waals surface area contributed by atoms with Crippen LogP contribution in [0.3, 0.4) is 0 Å². The Bertz CT molecular complexity index is 758. The van der Waals surface area contributed by atoms with E-state index in [0.29, 0.717) is 6.54 Å². The lowest BCUT2D eigenvalue weighted by Crippen LogP contribution is -2.77. The van der Waals surface area contributed by atoms with Gasteiger partial charge in [0.15, 0.2) is 13.1 Å². The SMILES string of the molecule is CSC1(N)CN([Si](C)(C)C(C)(C)C)C1=O.Cc1ccc(S(=O)(=O)O)cc1. The van der Waals surface area contributed by atoms with E-state index in [1.165, 1.54) is 23.9 Å². The van der Waals surface area contributed by atoms with Gasteiger partial charge in [-0.2, -0.15) is 8.42 Å². The number of carbonyl (C=O) groups excluding carboxylic acids is 1. The summed E-state index contributed by atoms with van der Waals surface area (Å²) in [6.45, 7) is 13.7. The van der Waals surface area contributed by atoms with Crippen molar-refractivity contribution in [3.05, 3.63) is 29.8 Å². The smallest absolute Gasteiger partial charge is 0.294 e. The van der Waals surface area contributed by atoms with E-state index >= 15 is 0 Å². The summed E-state index contributed by atoms with van der Waals surface area (Å²) in [7, 11) is -5.72. The molecule has 1 heterocycles. The van der Waals surface area contributed by atoms with Crippen molar-refractivity contribution in [1.29, 1.82) is 0 Å². The molecule has 0 spiro atoms. The van der Waals surface area contributed by atoms with E-state index in [0.717, 1.165) is 5.56 Å². The van der Waals surface area contributed by atoms with Gasteiger partial charge in [-0.15, -0.1) is 11.8 Å². The van der Waals surface area contributed by atoms with Crippen molar-refractivity contribution in [1.82, 2.24) is 4.57 Å². The van der Waals surface area contributed by atoms with Crippen LogP contribution in [0.15, 0.2) is 29.2 Å². The molecule has 6 nitrogen and oxygen atoms in total. The fourth-order valence-electron chi connectivity index (χ4n) is 2.23. The van der Waals surface area contributed by atoms with Crippen LogP contribution in [0.5, 0.6) is 0 Å². The molecule has 0 aromatic heterocycles. The predicted molar refractivity (Wildman–Crippen MR) is 110 cm³/mol. The molecule has 26 heavy (non-hydrogen) atoms. The fourth-order valence-corrected chi connectivity index (χ4v) is 5.61. The van der Waals surface area contributed by atoms with Crippen LogP contribution in [0.1, 0.15) is 26.3 Å². The molecule has 2 rings (SSSR count). The molecule has 1 aromatic rings. The second-order valence-corrected chi connectivity index (χ2v) is 15.8. The van der Waals surface area contributed by atoms with Gasteiger partial charge >= 0.3 is 0 Å². The molecule has 1 unspecified atom stereocenters. The maximum atomic E-state index is 12.0. The summed E-state index contributed by atoms with van der Waals surface area (Å²) in [5, 5.41) is 0.197. The number of hydrogen-bond donors (Lipinski definition) is 2. The highest BCUT2D eigenvalue weighted by atomic mass is 32.2. The zero-order valence-electron chi connectivity index (χ0n) is 16.5. The molecule has 1 aliphatic rings. The monoisotopic (exact) mass is 418 g/mol. The second kappa shape index (κ2) is 7.63. The number of benzene rings is 1. The van der Waals surface area contributed by atoms with Crippen molar-refractivity contribution < 1.29 is 17.8 Å². The topological polar surface area (TPSA) is 101 Å². The van der Waals surface area contributed by atoms with E-state index in [-0.39, 0.29) is 15.8 Å². The average Bonchev–Trinajstić information content (AvgIpc) is 2.50. The van der Waals surface area contributed by atoms with Gasteiger partial charge in [0, 0.05) is 6.54 Å². The zero-order chi connectivity index (χ0) is 20.6. The van der Waals surface area contributed by atoms with Crippen molar-refractivity contribution in [2.45, 2.75) is 55.6 Å². The van der Waals surface area contributed by atoms with Crippen molar-refractivity contribution in [3.8, 4) is 0 Å². The van der Waals surface area contributed by atoms with E-state index in [4.69, 9.17) is 10.3 Å². The van der Waals surface area contributed by atoms with E-state index in [2.05, 4.69) is 33.9 Å². The van der Waals surface area contributed by atoms with Crippen LogP contribution in [0.25, 0.3) is 0 Å². The van der Waals surface area contributed by atoms with E-state index in [9.17, 15) is 13.2 Å². The van der Waals surface area contributed by atoms with E-state index < -0.39 is 23.2 Å². The fraction of sp³-hybridized carbons (Fsp3) is 0.588. The number of amides is 1. The third-order valence-electron chi connectivity index (χ3n) is 5.19. The number of nitrogens with two attached hydrogens (primary N) is 1. The Morgan fingerprint density at radius 1 is 1.23 bits per heavy atom. The Kier molecular flexibility index (Phi) is 6.80. The summed E-state index contributed by atoms with van der Waals surface area (Å²) in [6, 6.07) is 5.99. The van der Waals surface area contributed by atoms with Crippen LogP contribution in [-0.2, 0) is 14.9 Å².